The smallest absolute Gasteiger partial charge is 0.227 e. The molecule has 7 aromatic carbocycles. The van der Waals surface area contributed by atoms with Crippen LogP contribution in [0.25, 0.3) is 83.4 Å². The maximum Gasteiger partial charge on any atom is 0.227 e. The monoisotopic (exact) mass is 602 g/mol. The van der Waals surface area contributed by atoms with Gasteiger partial charge in [-0.1, -0.05) is 109 Å². The lowest BCUT2D eigenvalue weighted by molar-refractivity contribution is 0.620. The lowest BCUT2D eigenvalue weighted by atomic mass is 9.89. The van der Waals surface area contributed by atoms with E-state index in [2.05, 4.69) is 169 Å². The highest BCUT2D eigenvalue weighted by Gasteiger charge is 2.16. The molecule has 0 saturated carbocycles. The molecule has 0 aliphatic heterocycles. The molecule has 2 heterocycles. The standard InChI is InChI=1S/C44H30N2O/c1-29-19-26-43-40(27-29)45-44(47-43)31-22-20-30(21-23-31)34-13-5-7-15-36(34)37-16-8-6-14-35(37)32-24-25-42-39(28-32)38-17-9-10-18-41(38)46(42)33-11-3-2-4-12-33/h2-28H,1H3. The van der Waals surface area contributed by atoms with Crippen LogP contribution in [0, 0.1) is 6.92 Å². The minimum Gasteiger partial charge on any atom is -0.436 e. The largest absolute Gasteiger partial charge is 0.436 e. The second-order valence-corrected chi connectivity index (χ2v) is 12.1. The summed E-state index contributed by atoms with van der Waals surface area (Å²) in [5.74, 6) is 0.639. The van der Waals surface area contributed by atoms with Crippen LogP contribution in [0.3, 0.4) is 0 Å². The Morgan fingerprint density at radius 3 is 1.83 bits per heavy atom. The fourth-order valence-electron chi connectivity index (χ4n) is 6.89. The maximum atomic E-state index is 6.08. The van der Waals surface area contributed by atoms with Gasteiger partial charge in [-0.2, -0.15) is 0 Å². The Morgan fingerprint density at radius 2 is 1.06 bits per heavy atom. The van der Waals surface area contributed by atoms with Gasteiger partial charge < -0.3 is 8.98 Å². The van der Waals surface area contributed by atoms with Crippen molar-refractivity contribution in [3.05, 3.63) is 169 Å². The molecule has 9 aromatic rings. The number of oxazole rings is 1. The van der Waals surface area contributed by atoms with Crippen molar-refractivity contribution in [1.82, 2.24) is 9.55 Å². The van der Waals surface area contributed by atoms with Crippen LogP contribution < -0.4 is 0 Å². The highest BCUT2D eigenvalue weighted by molar-refractivity contribution is 6.11. The highest BCUT2D eigenvalue weighted by Crippen LogP contribution is 2.41. The first-order valence-corrected chi connectivity index (χ1v) is 16.0. The van der Waals surface area contributed by atoms with E-state index >= 15 is 0 Å². The van der Waals surface area contributed by atoms with Crippen LogP contribution in [-0.4, -0.2) is 9.55 Å². The third kappa shape index (κ3) is 4.63. The molecule has 0 unspecified atom stereocenters. The van der Waals surface area contributed by atoms with Crippen molar-refractivity contribution in [2.45, 2.75) is 6.92 Å². The second-order valence-electron chi connectivity index (χ2n) is 12.1. The zero-order valence-corrected chi connectivity index (χ0v) is 25.9. The molecule has 0 amide bonds. The Hall–Kier alpha value is -6.19. The Bertz CT molecular complexity index is 2570. The van der Waals surface area contributed by atoms with Crippen molar-refractivity contribution in [1.29, 1.82) is 0 Å². The number of rotatable bonds is 5. The van der Waals surface area contributed by atoms with Crippen LogP contribution >= 0.6 is 0 Å². The Kier molecular flexibility index (Phi) is 6.36. The average molecular weight is 603 g/mol. The lowest BCUT2D eigenvalue weighted by Crippen LogP contribution is -1.93. The number of aryl methyl sites for hydroxylation is 1. The van der Waals surface area contributed by atoms with Crippen molar-refractivity contribution < 1.29 is 4.42 Å². The molecule has 0 N–H and O–H groups in total. The quantitative estimate of drug-likeness (QED) is 0.196. The third-order valence-electron chi connectivity index (χ3n) is 9.13. The number of fused-ring (bicyclic) bond motifs is 4. The van der Waals surface area contributed by atoms with E-state index in [1.165, 1.54) is 55.2 Å². The molecule has 0 radical (unpaired) electrons. The summed E-state index contributed by atoms with van der Waals surface area (Å²) in [6, 6.07) is 58.2. The molecule has 222 valence electrons. The van der Waals surface area contributed by atoms with E-state index in [9.17, 15) is 0 Å². The number of aromatic nitrogens is 2. The highest BCUT2D eigenvalue weighted by atomic mass is 16.3. The topological polar surface area (TPSA) is 31.0 Å². The molecule has 0 spiro atoms. The third-order valence-corrected chi connectivity index (χ3v) is 9.13. The van der Waals surface area contributed by atoms with Gasteiger partial charge in [0.2, 0.25) is 5.89 Å². The fourth-order valence-corrected chi connectivity index (χ4v) is 6.89. The van der Waals surface area contributed by atoms with Crippen molar-refractivity contribution >= 4 is 32.9 Å². The maximum absolute atomic E-state index is 6.08. The number of hydrogen-bond donors (Lipinski definition) is 0. The summed E-state index contributed by atoms with van der Waals surface area (Å²) in [7, 11) is 0. The number of para-hydroxylation sites is 2. The molecule has 3 nitrogen and oxygen atoms in total. The van der Waals surface area contributed by atoms with Gasteiger partial charge in [0.25, 0.3) is 0 Å². The molecule has 47 heavy (non-hydrogen) atoms. The Labute approximate surface area is 273 Å². The Morgan fingerprint density at radius 1 is 0.468 bits per heavy atom. The molecular formula is C44H30N2O. The van der Waals surface area contributed by atoms with E-state index in [1.54, 1.807) is 0 Å². The number of nitrogens with zero attached hydrogens (tertiary/aromatic N) is 2. The molecule has 0 aliphatic rings. The summed E-state index contributed by atoms with van der Waals surface area (Å²) in [6.07, 6.45) is 0. The van der Waals surface area contributed by atoms with Gasteiger partial charge in [0, 0.05) is 22.0 Å². The zero-order valence-electron chi connectivity index (χ0n) is 25.9. The van der Waals surface area contributed by atoms with Crippen molar-refractivity contribution in [3.8, 4) is 50.5 Å². The lowest BCUT2D eigenvalue weighted by Gasteiger charge is -2.15. The summed E-state index contributed by atoms with van der Waals surface area (Å²) in [4.78, 5) is 4.75. The normalized spacial score (nSPS) is 11.5. The van der Waals surface area contributed by atoms with E-state index in [-0.39, 0.29) is 0 Å². The fraction of sp³-hybridized carbons (Fsp3) is 0.0227. The summed E-state index contributed by atoms with van der Waals surface area (Å²) in [5.41, 5.74) is 14.5. The summed E-state index contributed by atoms with van der Waals surface area (Å²) >= 11 is 0. The molecule has 9 rings (SSSR count). The van der Waals surface area contributed by atoms with Crippen LogP contribution in [0.1, 0.15) is 5.56 Å². The first-order chi connectivity index (χ1) is 23.2. The summed E-state index contributed by atoms with van der Waals surface area (Å²) < 4.78 is 8.45. The summed E-state index contributed by atoms with van der Waals surface area (Å²) in [6.45, 7) is 2.07. The van der Waals surface area contributed by atoms with E-state index in [4.69, 9.17) is 9.40 Å². The molecule has 2 aromatic heterocycles. The predicted molar refractivity (Wildman–Crippen MR) is 195 cm³/mol. The molecule has 0 bridgehead atoms. The predicted octanol–water partition coefficient (Wildman–Crippen LogP) is 11.9. The van der Waals surface area contributed by atoms with Gasteiger partial charge in [0.1, 0.15) is 5.52 Å². The SMILES string of the molecule is Cc1ccc2oc(-c3ccc(-c4ccccc4-c4ccccc4-c4ccc5c(c4)c4ccccc4n5-c4ccccc4)cc3)nc2c1. The Balaban J connectivity index is 1.14. The van der Waals surface area contributed by atoms with E-state index < -0.39 is 0 Å². The minimum atomic E-state index is 0.639. The molecule has 0 aliphatic carbocycles. The van der Waals surface area contributed by atoms with Crippen molar-refractivity contribution in [3.63, 3.8) is 0 Å². The van der Waals surface area contributed by atoms with Crippen LogP contribution in [-0.2, 0) is 0 Å². The zero-order chi connectivity index (χ0) is 31.3. The van der Waals surface area contributed by atoms with E-state index in [0.29, 0.717) is 5.89 Å². The molecule has 0 saturated heterocycles. The van der Waals surface area contributed by atoms with Gasteiger partial charge in [-0.25, -0.2) is 4.98 Å². The van der Waals surface area contributed by atoms with E-state index in [0.717, 1.165) is 27.9 Å². The van der Waals surface area contributed by atoms with Crippen LogP contribution in [0.15, 0.2) is 168 Å². The van der Waals surface area contributed by atoms with Crippen molar-refractivity contribution in [2.75, 3.05) is 0 Å². The molecule has 0 atom stereocenters. The van der Waals surface area contributed by atoms with Gasteiger partial charge in [0.15, 0.2) is 5.58 Å². The number of hydrogen-bond acceptors (Lipinski definition) is 2. The van der Waals surface area contributed by atoms with Crippen LogP contribution in [0.5, 0.6) is 0 Å². The van der Waals surface area contributed by atoms with Crippen LogP contribution in [0.2, 0.25) is 0 Å². The first-order valence-electron chi connectivity index (χ1n) is 16.0. The second kappa shape index (κ2) is 11.0. The van der Waals surface area contributed by atoms with Gasteiger partial charge in [-0.15, -0.1) is 0 Å². The molecule has 0 fully saturated rings. The molecule has 3 heteroatoms. The minimum absolute atomic E-state index is 0.639. The van der Waals surface area contributed by atoms with Gasteiger partial charge in [-0.3, -0.25) is 0 Å². The summed E-state index contributed by atoms with van der Waals surface area (Å²) in [5, 5.41) is 2.50. The first kappa shape index (κ1) is 27.1. The van der Waals surface area contributed by atoms with Gasteiger partial charge in [-0.05, 0) is 100 Å². The van der Waals surface area contributed by atoms with Gasteiger partial charge >= 0.3 is 0 Å². The number of benzene rings is 7. The molecular weight excluding hydrogens is 572 g/mol. The average Bonchev–Trinajstić information content (AvgIpc) is 3.71. The van der Waals surface area contributed by atoms with E-state index in [1.807, 2.05) is 6.07 Å². The van der Waals surface area contributed by atoms with Gasteiger partial charge in [0.05, 0.1) is 11.0 Å². The van der Waals surface area contributed by atoms with Crippen LogP contribution in [0.4, 0.5) is 0 Å². The van der Waals surface area contributed by atoms with Crippen molar-refractivity contribution in [2.24, 2.45) is 0 Å².